The van der Waals surface area contributed by atoms with E-state index in [-0.39, 0.29) is 0 Å². The van der Waals surface area contributed by atoms with Gasteiger partial charge in [-0.25, -0.2) is 15.0 Å². The molecule has 0 aliphatic carbocycles. The van der Waals surface area contributed by atoms with Crippen LogP contribution in [-0.2, 0) is 12.8 Å². The average Bonchev–Trinajstić information content (AvgIpc) is 2.86. The lowest BCUT2D eigenvalue weighted by atomic mass is 10.4. The number of thiazole rings is 2. The van der Waals surface area contributed by atoms with Gasteiger partial charge in [0.05, 0.1) is 14.7 Å². The first-order chi connectivity index (χ1) is 7.80. The molecule has 16 heavy (non-hydrogen) atoms. The molecule has 3 rings (SSSR count). The highest BCUT2D eigenvalue weighted by atomic mass is 32.1. The van der Waals surface area contributed by atoms with Crippen molar-refractivity contribution < 1.29 is 0 Å². The number of fused-ring (bicyclic) bond motifs is 2. The third kappa shape index (κ3) is 1.51. The molecule has 0 amide bonds. The van der Waals surface area contributed by atoms with Crippen LogP contribution in [0, 0.1) is 0 Å². The van der Waals surface area contributed by atoms with Crippen molar-refractivity contribution in [3.8, 4) is 0 Å². The number of hydrogen-bond donors (Lipinski definition) is 0. The van der Waals surface area contributed by atoms with Gasteiger partial charge in [-0.15, -0.1) is 11.3 Å². The summed E-state index contributed by atoms with van der Waals surface area (Å²) in [5.74, 6) is 0. The molecule has 0 saturated carbocycles. The van der Waals surface area contributed by atoms with Gasteiger partial charge < -0.3 is 0 Å². The maximum absolute atomic E-state index is 4.57. The Bertz CT molecular complexity index is 549. The Morgan fingerprint density at radius 1 is 1.00 bits per heavy atom. The van der Waals surface area contributed by atoms with E-state index in [0.717, 1.165) is 43.6 Å². The van der Waals surface area contributed by atoms with Crippen LogP contribution in [0.15, 0.2) is 6.07 Å². The van der Waals surface area contributed by atoms with E-state index in [9.17, 15) is 0 Å². The molecule has 3 nitrogen and oxygen atoms in total. The van der Waals surface area contributed by atoms with Crippen LogP contribution in [0.1, 0.15) is 23.9 Å². The van der Waals surface area contributed by atoms with Crippen LogP contribution in [0.25, 0.3) is 20.7 Å². The Kier molecular flexibility index (Phi) is 2.37. The van der Waals surface area contributed by atoms with Crippen molar-refractivity contribution in [1.29, 1.82) is 0 Å². The molecular formula is C11H11N3S2. The Balaban J connectivity index is 2.28. The summed E-state index contributed by atoms with van der Waals surface area (Å²) in [6.45, 7) is 4.24. The minimum Gasteiger partial charge on any atom is -0.239 e. The van der Waals surface area contributed by atoms with Crippen LogP contribution >= 0.6 is 22.7 Å². The summed E-state index contributed by atoms with van der Waals surface area (Å²) >= 11 is 3.39. The highest BCUT2D eigenvalue weighted by molar-refractivity contribution is 7.19. The number of hydrogen-bond acceptors (Lipinski definition) is 5. The molecule has 0 bridgehead atoms. The van der Waals surface area contributed by atoms with Crippen molar-refractivity contribution in [1.82, 2.24) is 15.0 Å². The number of pyridine rings is 1. The molecule has 0 spiro atoms. The third-order valence-electron chi connectivity index (χ3n) is 2.44. The fraction of sp³-hybridized carbons (Fsp3) is 0.364. The van der Waals surface area contributed by atoms with Crippen molar-refractivity contribution in [3.05, 3.63) is 16.1 Å². The number of aromatic nitrogens is 3. The fourth-order valence-corrected chi connectivity index (χ4v) is 3.34. The van der Waals surface area contributed by atoms with E-state index in [2.05, 4.69) is 34.9 Å². The number of rotatable bonds is 2. The smallest absolute Gasteiger partial charge is 0.172 e. The van der Waals surface area contributed by atoms with Crippen LogP contribution in [0.3, 0.4) is 0 Å². The first-order valence-electron chi connectivity index (χ1n) is 5.36. The number of aryl methyl sites for hydroxylation is 2. The van der Waals surface area contributed by atoms with E-state index >= 15 is 0 Å². The predicted octanol–water partition coefficient (Wildman–Crippen LogP) is 3.43. The Morgan fingerprint density at radius 2 is 1.75 bits per heavy atom. The number of nitrogens with zero attached hydrogens (tertiary/aromatic N) is 3. The van der Waals surface area contributed by atoms with Gasteiger partial charge in [0.15, 0.2) is 5.65 Å². The van der Waals surface area contributed by atoms with Gasteiger partial charge in [-0.05, 0) is 18.9 Å². The maximum Gasteiger partial charge on any atom is 0.172 e. The average molecular weight is 249 g/mol. The maximum atomic E-state index is 4.57. The molecule has 0 aromatic carbocycles. The monoisotopic (exact) mass is 249 g/mol. The van der Waals surface area contributed by atoms with Gasteiger partial charge in [0.2, 0.25) is 0 Å². The van der Waals surface area contributed by atoms with E-state index in [1.54, 1.807) is 22.7 Å². The van der Waals surface area contributed by atoms with Crippen LogP contribution in [0.2, 0.25) is 0 Å². The van der Waals surface area contributed by atoms with Gasteiger partial charge in [0, 0.05) is 0 Å². The van der Waals surface area contributed by atoms with Gasteiger partial charge in [0.1, 0.15) is 10.3 Å². The van der Waals surface area contributed by atoms with Gasteiger partial charge in [-0.2, -0.15) is 0 Å². The van der Waals surface area contributed by atoms with Crippen molar-refractivity contribution in [2.45, 2.75) is 26.7 Å². The van der Waals surface area contributed by atoms with Gasteiger partial charge >= 0.3 is 0 Å². The lowest BCUT2D eigenvalue weighted by Gasteiger charge is -1.86. The summed E-state index contributed by atoms with van der Waals surface area (Å²) < 4.78 is 1.15. The van der Waals surface area contributed by atoms with Crippen LogP contribution in [0.5, 0.6) is 0 Å². The Hall–Kier alpha value is -1.07. The zero-order valence-corrected chi connectivity index (χ0v) is 10.8. The van der Waals surface area contributed by atoms with Gasteiger partial charge in [0.25, 0.3) is 0 Å². The summed E-state index contributed by atoms with van der Waals surface area (Å²) in [5.41, 5.74) is 1.89. The zero-order chi connectivity index (χ0) is 11.1. The van der Waals surface area contributed by atoms with Gasteiger partial charge in [-0.3, -0.25) is 0 Å². The minimum atomic E-state index is 0.876. The van der Waals surface area contributed by atoms with E-state index in [1.165, 1.54) is 0 Å². The largest absolute Gasteiger partial charge is 0.239 e. The second-order valence-corrected chi connectivity index (χ2v) is 5.73. The molecule has 3 heterocycles. The first-order valence-corrected chi connectivity index (χ1v) is 6.99. The molecule has 0 N–H and O–H groups in total. The third-order valence-corrected chi connectivity index (χ3v) is 4.68. The van der Waals surface area contributed by atoms with Crippen molar-refractivity contribution >= 4 is 43.4 Å². The summed E-state index contributed by atoms with van der Waals surface area (Å²) in [4.78, 5) is 14.6. The molecule has 0 atom stereocenters. The standard InChI is InChI=1S/C11H11N3S2/c1-3-8-12-6-5-7-10(14-11(6)16-8)13-9(4-2)15-7/h5H,3-4H2,1-2H3. The SMILES string of the molecule is CCc1nc2nc3sc(CC)nc3cc2s1. The summed E-state index contributed by atoms with van der Waals surface area (Å²) in [5, 5.41) is 2.30. The zero-order valence-electron chi connectivity index (χ0n) is 9.15. The van der Waals surface area contributed by atoms with Crippen molar-refractivity contribution in [3.63, 3.8) is 0 Å². The second-order valence-electron chi connectivity index (χ2n) is 3.56. The molecule has 0 aliphatic heterocycles. The van der Waals surface area contributed by atoms with E-state index in [4.69, 9.17) is 0 Å². The molecule has 3 aromatic heterocycles. The van der Waals surface area contributed by atoms with Crippen LogP contribution in [0.4, 0.5) is 0 Å². The molecule has 0 fully saturated rings. The summed E-state index contributed by atoms with van der Waals surface area (Å²) in [7, 11) is 0. The molecule has 3 aromatic rings. The molecule has 0 radical (unpaired) electrons. The molecule has 0 saturated heterocycles. The van der Waals surface area contributed by atoms with E-state index < -0.39 is 0 Å². The normalized spacial score (nSPS) is 11.6. The Morgan fingerprint density at radius 3 is 2.50 bits per heavy atom. The summed E-state index contributed by atoms with van der Waals surface area (Å²) in [6, 6.07) is 2.12. The van der Waals surface area contributed by atoms with E-state index in [0.29, 0.717) is 0 Å². The highest BCUT2D eigenvalue weighted by Gasteiger charge is 2.09. The van der Waals surface area contributed by atoms with Crippen molar-refractivity contribution in [2.75, 3.05) is 0 Å². The Labute approximate surface area is 101 Å². The fourth-order valence-electron chi connectivity index (χ4n) is 1.61. The lowest BCUT2D eigenvalue weighted by molar-refractivity contribution is 1.10. The van der Waals surface area contributed by atoms with E-state index in [1.807, 2.05) is 0 Å². The van der Waals surface area contributed by atoms with Crippen LogP contribution in [-0.4, -0.2) is 15.0 Å². The molecule has 5 heteroatoms. The molecule has 0 unspecified atom stereocenters. The predicted molar refractivity (Wildman–Crippen MR) is 69.3 cm³/mol. The second kappa shape index (κ2) is 3.75. The van der Waals surface area contributed by atoms with Crippen LogP contribution < -0.4 is 0 Å². The van der Waals surface area contributed by atoms with Gasteiger partial charge in [-0.1, -0.05) is 25.2 Å². The first kappa shape index (κ1) is 10.1. The minimum absolute atomic E-state index is 0.876. The molecule has 82 valence electrons. The van der Waals surface area contributed by atoms with Crippen molar-refractivity contribution in [2.24, 2.45) is 0 Å². The summed E-state index contributed by atoms with van der Waals surface area (Å²) in [6.07, 6.45) is 1.95. The quantitative estimate of drug-likeness (QED) is 0.698. The highest BCUT2D eigenvalue weighted by Crippen LogP contribution is 2.28. The molecule has 0 aliphatic rings. The lowest BCUT2D eigenvalue weighted by Crippen LogP contribution is -1.78. The molecular weight excluding hydrogens is 238 g/mol. The topological polar surface area (TPSA) is 38.7 Å².